The van der Waals surface area contributed by atoms with Gasteiger partial charge in [-0.3, -0.25) is 19.7 Å². The average molecular weight is 480 g/mol. The van der Waals surface area contributed by atoms with Gasteiger partial charge in [0.05, 0.1) is 27.1 Å². The first-order chi connectivity index (χ1) is 13.7. The van der Waals surface area contributed by atoms with E-state index in [4.69, 9.17) is 16.3 Å². The van der Waals surface area contributed by atoms with Crippen LogP contribution >= 0.6 is 27.5 Å². The van der Waals surface area contributed by atoms with E-state index in [2.05, 4.69) is 26.0 Å². The molecule has 0 saturated carbocycles. The van der Waals surface area contributed by atoms with Gasteiger partial charge in [0.2, 0.25) is 5.75 Å². The fraction of sp³-hybridized carbons (Fsp3) is 0.111. The minimum absolute atomic E-state index is 0.138. The summed E-state index contributed by atoms with van der Waals surface area (Å²) >= 11 is 9.34. The van der Waals surface area contributed by atoms with E-state index in [1.54, 1.807) is 25.1 Å². The summed E-state index contributed by atoms with van der Waals surface area (Å²) in [6.07, 6.45) is 1.23. The molecule has 3 aromatic rings. The third kappa shape index (κ3) is 4.33. The molecule has 0 aliphatic heterocycles. The maximum Gasteiger partial charge on any atom is 0.313 e. The van der Waals surface area contributed by atoms with Gasteiger partial charge in [-0.05, 0) is 31.2 Å². The van der Waals surface area contributed by atoms with E-state index in [1.807, 2.05) is 0 Å². The van der Waals surface area contributed by atoms with Gasteiger partial charge in [0.1, 0.15) is 5.82 Å². The second-order valence-corrected chi connectivity index (χ2v) is 7.21. The quantitative estimate of drug-likeness (QED) is 0.184. The van der Waals surface area contributed by atoms with Crippen LogP contribution in [0.5, 0.6) is 5.75 Å². The van der Waals surface area contributed by atoms with Gasteiger partial charge in [0.25, 0.3) is 5.56 Å². The molecule has 11 heteroatoms. The highest BCUT2D eigenvalue weighted by molar-refractivity contribution is 9.10. The lowest BCUT2D eigenvalue weighted by Gasteiger charge is -2.07. The summed E-state index contributed by atoms with van der Waals surface area (Å²) in [5.74, 6) is -0.767. The van der Waals surface area contributed by atoms with Crippen molar-refractivity contribution < 1.29 is 14.5 Å². The van der Waals surface area contributed by atoms with Crippen LogP contribution in [-0.4, -0.2) is 26.8 Å². The number of aryl methyl sites for hydroxylation is 1. The first kappa shape index (κ1) is 20.6. The van der Waals surface area contributed by atoms with E-state index >= 15 is 0 Å². The number of nitrogens with zero attached hydrogens (tertiary/aromatic N) is 4. The van der Waals surface area contributed by atoms with Crippen LogP contribution in [-0.2, 0) is 4.79 Å². The SMILES string of the molecule is CC(=O)Oc1c(Cl)cc(C=Nn2c(C)nc3ccc(Br)cc3c2=O)cc1[N+](=O)[O-]. The molecule has 0 saturated heterocycles. The second kappa shape index (κ2) is 8.10. The summed E-state index contributed by atoms with van der Waals surface area (Å²) in [7, 11) is 0. The van der Waals surface area contributed by atoms with E-state index in [9.17, 15) is 19.7 Å². The Morgan fingerprint density at radius 3 is 2.76 bits per heavy atom. The number of fused-ring (bicyclic) bond motifs is 1. The van der Waals surface area contributed by atoms with Crippen LogP contribution in [0.25, 0.3) is 10.9 Å². The minimum atomic E-state index is -0.744. The number of nitro benzene ring substituents is 1. The van der Waals surface area contributed by atoms with Gasteiger partial charge in [-0.1, -0.05) is 27.5 Å². The monoisotopic (exact) mass is 478 g/mol. The molecule has 0 fully saturated rings. The average Bonchev–Trinajstić information content (AvgIpc) is 2.63. The largest absolute Gasteiger partial charge is 0.418 e. The van der Waals surface area contributed by atoms with E-state index in [-0.39, 0.29) is 16.3 Å². The smallest absolute Gasteiger partial charge is 0.313 e. The molecule has 0 aliphatic carbocycles. The third-order valence-electron chi connectivity index (χ3n) is 3.78. The summed E-state index contributed by atoms with van der Waals surface area (Å²) in [5, 5.41) is 15.6. The van der Waals surface area contributed by atoms with Gasteiger partial charge in [0.15, 0.2) is 0 Å². The Hall–Kier alpha value is -3.11. The lowest BCUT2D eigenvalue weighted by molar-refractivity contribution is -0.385. The van der Waals surface area contributed by atoms with E-state index in [0.717, 1.165) is 17.7 Å². The molecule has 0 spiro atoms. The van der Waals surface area contributed by atoms with E-state index in [1.165, 1.54) is 12.3 Å². The molecular formula is C18H12BrClN4O5. The van der Waals surface area contributed by atoms with Crippen molar-refractivity contribution in [3.05, 3.63) is 71.7 Å². The first-order valence-corrected chi connectivity index (χ1v) is 9.24. The zero-order chi connectivity index (χ0) is 21.3. The number of hydrogen-bond acceptors (Lipinski definition) is 7. The van der Waals surface area contributed by atoms with Gasteiger partial charge in [-0.2, -0.15) is 9.78 Å². The lowest BCUT2D eigenvalue weighted by atomic mass is 10.2. The van der Waals surface area contributed by atoms with Crippen LogP contribution in [0.1, 0.15) is 18.3 Å². The summed E-state index contributed by atoms with van der Waals surface area (Å²) < 4.78 is 6.62. The number of aromatic nitrogens is 2. The van der Waals surface area contributed by atoms with Crippen molar-refractivity contribution in [2.45, 2.75) is 13.8 Å². The molecule has 148 valence electrons. The molecule has 0 amide bonds. The van der Waals surface area contributed by atoms with Gasteiger partial charge >= 0.3 is 11.7 Å². The van der Waals surface area contributed by atoms with Crippen molar-refractivity contribution >= 4 is 56.3 Å². The van der Waals surface area contributed by atoms with E-state index in [0.29, 0.717) is 21.2 Å². The Kier molecular flexibility index (Phi) is 5.76. The molecule has 0 aliphatic rings. The third-order valence-corrected chi connectivity index (χ3v) is 4.56. The maximum absolute atomic E-state index is 12.7. The summed E-state index contributed by atoms with van der Waals surface area (Å²) in [5.41, 5.74) is -0.147. The molecule has 0 N–H and O–H groups in total. The Balaban J connectivity index is 2.10. The number of benzene rings is 2. The summed E-state index contributed by atoms with van der Waals surface area (Å²) in [6, 6.07) is 7.58. The highest BCUT2D eigenvalue weighted by Gasteiger charge is 2.22. The van der Waals surface area contributed by atoms with Gasteiger partial charge < -0.3 is 4.74 Å². The van der Waals surface area contributed by atoms with E-state index < -0.39 is 22.1 Å². The lowest BCUT2D eigenvalue weighted by Crippen LogP contribution is -2.20. The second-order valence-electron chi connectivity index (χ2n) is 5.88. The van der Waals surface area contributed by atoms with Gasteiger partial charge in [0, 0.05) is 23.0 Å². The summed E-state index contributed by atoms with van der Waals surface area (Å²) in [6.45, 7) is 2.72. The van der Waals surface area contributed by atoms with Crippen LogP contribution in [0, 0.1) is 17.0 Å². The Labute approximate surface area is 176 Å². The van der Waals surface area contributed by atoms with Crippen molar-refractivity contribution in [1.29, 1.82) is 0 Å². The van der Waals surface area contributed by atoms with Crippen LogP contribution < -0.4 is 10.3 Å². The van der Waals surface area contributed by atoms with Crippen LogP contribution in [0.4, 0.5) is 5.69 Å². The maximum atomic E-state index is 12.7. The predicted octanol–water partition coefficient (Wildman–Crippen LogP) is 3.84. The molecule has 9 nitrogen and oxygen atoms in total. The van der Waals surface area contributed by atoms with Gasteiger partial charge in [-0.15, -0.1) is 0 Å². The van der Waals surface area contributed by atoms with Crippen LogP contribution in [0.15, 0.2) is 44.7 Å². The minimum Gasteiger partial charge on any atom is -0.418 e. The normalized spacial score (nSPS) is 11.2. The highest BCUT2D eigenvalue weighted by atomic mass is 79.9. The predicted molar refractivity (Wildman–Crippen MR) is 111 cm³/mol. The number of carbonyl (C=O) groups is 1. The molecule has 0 bridgehead atoms. The number of esters is 1. The van der Waals surface area contributed by atoms with Crippen LogP contribution in [0.3, 0.4) is 0 Å². The first-order valence-electron chi connectivity index (χ1n) is 8.07. The number of halogens is 2. The molecular weight excluding hydrogens is 468 g/mol. The molecule has 1 aromatic heterocycles. The number of carbonyl (C=O) groups excluding carboxylic acids is 1. The van der Waals surface area contributed by atoms with Crippen LogP contribution in [0.2, 0.25) is 5.02 Å². The number of rotatable bonds is 4. The van der Waals surface area contributed by atoms with Crippen molar-refractivity contribution in [3.63, 3.8) is 0 Å². The molecule has 0 unspecified atom stereocenters. The Morgan fingerprint density at radius 1 is 1.38 bits per heavy atom. The van der Waals surface area contributed by atoms with Crippen molar-refractivity contribution in [3.8, 4) is 5.75 Å². The number of nitro groups is 1. The molecule has 29 heavy (non-hydrogen) atoms. The summed E-state index contributed by atoms with van der Waals surface area (Å²) in [4.78, 5) is 38.8. The fourth-order valence-corrected chi connectivity index (χ4v) is 3.20. The standard InChI is InChI=1S/C18H12BrClN4O5/c1-9-22-15-4-3-12(19)7-13(15)18(26)23(9)21-8-11-5-14(20)17(29-10(2)25)16(6-11)24(27)28/h3-8H,1-2H3. The Morgan fingerprint density at radius 2 is 2.10 bits per heavy atom. The number of hydrogen-bond donors (Lipinski definition) is 0. The fourth-order valence-electron chi connectivity index (χ4n) is 2.57. The molecule has 0 atom stereocenters. The van der Waals surface area contributed by atoms with Gasteiger partial charge in [-0.25, -0.2) is 4.98 Å². The molecule has 2 aromatic carbocycles. The van der Waals surface area contributed by atoms with Crippen molar-refractivity contribution in [2.75, 3.05) is 0 Å². The number of ether oxygens (including phenoxy) is 1. The molecule has 0 radical (unpaired) electrons. The topological polar surface area (TPSA) is 117 Å². The highest BCUT2D eigenvalue weighted by Crippen LogP contribution is 2.36. The van der Waals surface area contributed by atoms with Crippen molar-refractivity contribution in [1.82, 2.24) is 9.66 Å². The molecule has 3 rings (SSSR count). The molecule has 1 heterocycles. The zero-order valence-electron chi connectivity index (χ0n) is 15.1. The van der Waals surface area contributed by atoms with Crippen molar-refractivity contribution in [2.24, 2.45) is 5.10 Å². The Bertz CT molecular complexity index is 1260. The zero-order valence-corrected chi connectivity index (χ0v) is 17.4.